The molecule has 29 heavy (non-hydrogen) atoms. The molecule has 1 aromatic carbocycles. The number of rotatable bonds is 5. The number of nitrogens with zero attached hydrogens (tertiary/aromatic N) is 3. The normalized spacial score (nSPS) is 18.7. The summed E-state index contributed by atoms with van der Waals surface area (Å²) >= 11 is 0. The van der Waals surface area contributed by atoms with Gasteiger partial charge in [0, 0.05) is 30.6 Å². The van der Waals surface area contributed by atoms with Crippen LogP contribution in [0, 0.1) is 12.3 Å². The zero-order chi connectivity index (χ0) is 20.3. The Bertz CT molecular complexity index is 866. The Morgan fingerprint density at radius 2 is 1.93 bits per heavy atom. The number of benzene rings is 1. The number of nitrogens with two attached hydrogens (primary N) is 1. The maximum Gasteiger partial charge on any atom is 0.224 e. The van der Waals surface area contributed by atoms with Crippen LogP contribution >= 0.6 is 0 Å². The number of amides is 1. The smallest absolute Gasteiger partial charge is 0.224 e. The summed E-state index contributed by atoms with van der Waals surface area (Å²) in [5.74, 6) is 2.05. The highest BCUT2D eigenvalue weighted by atomic mass is 16.1. The molecule has 1 aliphatic carbocycles. The molecule has 4 rings (SSSR count). The minimum Gasteiger partial charge on any atom is -0.330 e. The molecule has 1 fully saturated rings. The van der Waals surface area contributed by atoms with E-state index in [0.717, 1.165) is 60.7 Å². The third kappa shape index (κ3) is 4.37. The maximum absolute atomic E-state index is 12.9. The van der Waals surface area contributed by atoms with Crippen LogP contribution in [0.15, 0.2) is 18.2 Å². The van der Waals surface area contributed by atoms with E-state index in [-0.39, 0.29) is 11.3 Å². The quantitative estimate of drug-likeness (QED) is 0.794. The molecule has 6 heteroatoms. The van der Waals surface area contributed by atoms with Gasteiger partial charge in [-0.1, -0.05) is 37.8 Å². The molecule has 1 amide bonds. The third-order valence-electron chi connectivity index (χ3n) is 6.76. The van der Waals surface area contributed by atoms with E-state index >= 15 is 0 Å². The first-order valence-electron chi connectivity index (χ1n) is 11.1. The number of nitrogens with one attached hydrogen (secondary N) is 1. The molecule has 1 saturated carbocycles. The molecule has 0 bridgehead atoms. The standard InChI is InChI=1S/C23H33N5O/c1-17-9-10-18(22-27-26-20-8-4-2-7-13-28(20)22)14-19(17)25-21(29)15-23(16-24)11-5-3-6-12-23/h9-10,14H,2-8,11-13,15-16,24H2,1H3,(H,25,29). The van der Waals surface area contributed by atoms with Crippen molar-refractivity contribution in [1.82, 2.24) is 14.8 Å². The number of fused-ring (bicyclic) bond motifs is 1. The van der Waals surface area contributed by atoms with Crippen molar-refractivity contribution in [2.24, 2.45) is 11.1 Å². The lowest BCUT2D eigenvalue weighted by Gasteiger charge is -2.35. The molecule has 2 aliphatic rings. The first-order chi connectivity index (χ1) is 14.1. The summed E-state index contributed by atoms with van der Waals surface area (Å²) in [6.07, 6.45) is 10.8. The zero-order valence-electron chi connectivity index (χ0n) is 17.5. The van der Waals surface area contributed by atoms with Gasteiger partial charge in [-0.2, -0.15) is 0 Å². The number of aromatic nitrogens is 3. The van der Waals surface area contributed by atoms with Gasteiger partial charge in [-0.05, 0) is 56.2 Å². The first-order valence-corrected chi connectivity index (χ1v) is 11.1. The fraction of sp³-hybridized carbons (Fsp3) is 0.609. The molecular weight excluding hydrogens is 362 g/mol. The summed E-state index contributed by atoms with van der Waals surface area (Å²) in [5.41, 5.74) is 8.98. The molecule has 3 N–H and O–H groups in total. The van der Waals surface area contributed by atoms with Crippen molar-refractivity contribution in [2.45, 2.75) is 77.7 Å². The molecule has 1 aliphatic heterocycles. The van der Waals surface area contributed by atoms with Crippen molar-refractivity contribution >= 4 is 11.6 Å². The van der Waals surface area contributed by atoms with E-state index in [4.69, 9.17) is 5.73 Å². The van der Waals surface area contributed by atoms with Gasteiger partial charge in [0.05, 0.1) is 0 Å². The fourth-order valence-electron chi connectivity index (χ4n) is 4.88. The molecule has 0 saturated heterocycles. The summed E-state index contributed by atoms with van der Waals surface area (Å²) in [6.45, 7) is 3.58. The van der Waals surface area contributed by atoms with Crippen LogP contribution in [0.4, 0.5) is 5.69 Å². The number of hydrogen-bond acceptors (Lipinski definition) is 4. The molecule has 2 heterocycles. The lowest BCUT2D eigenvalue weighted by atomic mass is 9.71. The Morgan fingerprint density at radius 3 is 2.72 bits per heavy atom. The summed E-state index contributed by atoms with van der Waals surface area (Å²) in [7, 11) is 0. The van der Waals surface area contributed by atoms with Crippen molar-refractivity contribution in [2.75, 3.05) is 11.9 Å². The van der Waals surface area contributed by atoms with Crippen molar-refractivity contribution in [3.63, 3.8) is 0 Å². The average molecular weight is 396 g/mol. The Morgan fingerprint density at radius 1 is 1.14 bits per heavy atom. The number of carbonyl (C=O) groups excluding carboxylic acids is 1. The molecule has 6 nitrogen and oxygen atoms in total. The molecule has 2 aromatic rings. The highest BCUT2D eigenvalue weighted by Gasteiger charge is 2.33. The van der Waals surface area contributed by atoms with Crippen LogP contribution in [0.3, 0.4) is 0 Å². The molecule has 0 radical (unpaired) electrons. The first kappa shape index (κ1) is 20.1. The Labute approximate surface area is 173 Å². The number of carbonyl (C=O) groups is 1. The van der Waals surface area contributed by atoms with E-state index in [0.29, 0.717) is 13.0 Å². The molecule has 0 spiro atoms. The monoisotopic (exact) mass is 395 g/mol. The van der Waals surface area contributed by atoms with Crippen LogP contribution in [-0.2, 0) is 17.8 Å². The predicted molar refractivity (Wildman–Crippen MR) is 116 cm³/mol. The lowest BCUT2D eigenvalue weighted by Crippen LogP contribution is -2.36. The van der Waals surface area contributed by atoms with Crippen LogP contribution in [0.5, 0.6) is 0 Å². The molecule has 0 atom stereocenters. The van der Waals surface area contributed by atoms with Gasteiger partial charge in [0.15, 0.2) is 5.82 Å². The topological polar surface area (TPSA) is 85.8 Å². The van der Waals surface area contributed by atoms with Gasteiger partial charge in [0.1, 0.15) is 5.82 Å². The molecule has 156 valence electrons. The van der Waals surface area contributed by atoms with E-state index in [1.165, 1.54) is 32.1 Å². The van der Waals surface area contributed by atoms with Crippen molar-refractivity contribution in [1.29, 1.82) is 0 Å². The van der Waals surface area contributed by atoms with Crippen molar-refractivity contribution in [3.8, 4) is 11.4 Å². The summed E-state index contributed by atoms with van der Waals surface area (Å²) in [6, 6.07) is 6.18. The predicted octanol–water partition coefficient (Wildman–Crippen LogP) is 4.22. The van der Waals surface area contributed by atoms with Gasteiger partial charge in [-0.25, -0.2) is 0 Å². The van der Waals surface area contributed by atoms with E-state index < -0.39 is 0 Å². The second-order valence-corrected chi connectivity index (χ2v) is 8.92. The highest BCUT2D eigenvalue weighted by molar-refractivity contribution is 5.92. The lowest BCUT2D eigenvalue weighted by molar-refractivity contribution is -0.118. The SMILES string of the molecule is Cc1ccc(-c2nnc3n2CCCCC3)cc1NC(=O)CC1(CN)CCCCC1. The van der Waals surface area contributed by atoms with E-state index in [2.05, 4.69) is 32.2 Å². The fourth-order valence-corrected chi connectivity index (χ4v) is 4.88. The van der Waals surface area contributed by atoms with E-state index in [9.17, 15) is 4.79 Å². The van der Waals surface area contributed by atoms with Gasteiger partial charge < -0.3 is 15.6 Å². The number of aryl methyl sites for hydroxylation is 2. The minimum atomic E-state index is -0.0296. The Hall–Kier alpha value is -2.21. The number of anilines is 1. The Balaban J connectivity index is 1.53. The van der Waals surface area contributed by atoms with Crippen LogP contribution in [0.1, 0.15) is 69.2 Å². The van der Waals surface area contributed by atoms with Crippen LogP contribution in [0.2, 0.25) is 0 Å². The maximum atomic E-state index is 12.9. The van der Waals surface area contributed by atoms with Gasteiger partial charge in [0.25, 0.3) is 0 Å². The largest absolute Gasteiger partial charge is 0.330 e. The number of hydrogen-bond donors (Lipinski definition) is 2. The minimum absolute atomic E-state index is 0.0296. The summed E-state index contributed by atoms with van der Waals surface area (Å²) in [5, 5.41) is 12.0. The van der Waals surface area contributed by atoms with Gasteiger partial charge in [-0.3, -0.25) is 4.79 Å². The van der Waals surface area contributed by atoms with Crippen molar-refractivity contribution < 1.29 is 4.79 Å². The molecule has 0 unspecified atom stereocenters. The van der Waals surface area contributed by atoms with Gasteiger partial charge in [-0.15, -0.1) is 10.2 Å². The van der Waals surface area contributed by atoms with Crippen LogP contribution in [0.25, 0.3) is 11.4 Å². The highest BCUT2D eigenvalue weighted by Crippen LogP contribution is 2.38. The third-order valence-corrected chi connectivity index (χ3v) is 6.76. The summed E-state index contributed by atoms with van der Waals surface area (Å²) < 4.78 is 2.24. The average Bonchev–Trinajstić information content (AvgIpc) is 2.98. The molecule has 1 aromatic heterocycles. The summed E-state index contributed by atoms with van der Waals surface area (Å²) in [4.78, 5) is 12.9. The second-order valence-electron chi connectivity index (χ2n) is 8.92. The van der Waals surface area contributed by atoms with E-state index in [1.807, 2.05) is 13.0 Å². The van der Waals surface area contributed by atoms with Gasteiger partial charge >= 0.3 is 0 Å². The Kier molecular flexibility index (Phi) is 5.99. The van der Waals surface area contributed by atoms with Crippen LogP contribution in [-0.4, -0.2) is 27.2 Å². The zero-order valence-corrected chi connectivity index (χ0v) is 17.5. The second kappa shape index (κ2) is 8.66. The van der Waals surface area contributed by atoms with Gasteiger partial charge in [0.2, 0.25) is 5.91 Å². The van der Waals surface area contributed by atoms with E-state index in [1.54, 1.807) is 0 Å². The van der Waals surface area contributed by atoms with Crippen molar-refractivity contribution in [3.05, 3.63) is 29.6 Å². The van der Waals surface area contributed by atoms with Crippen LogP contribution < -0.4 is 11.1 Å². The molecular formula is C23H33N5O.